The van der Waals surface area contributed by atoms with Gasteiger partial charge in [0.15, 0.2) is 0 Å². The van der Waals surface area contributed by atoms with Crippen LogP contribution in [0.4, 0.5) is 22.7 Å². The molecule has 2 N–H and O–H groups in total. The maximum atomic E-state index is 3.38. The van der Waals surface area contributed by atoms with Crippen molar-refractivity contribution in [3.63, 3.8) is 0 Å². The molecule has 0 fully saturated rings. The lowest BCUT2D eigenvalue weighted by Gasteiger charge is -2.13. The molecular weight excluding hydrogens is 222 g/mol. The summed E-state index contributed by atoms with van der Waals surface area (Å²) in [6.07, 6.45) is 0. The molecule has 0 bridgehead atoms. The number of nitrogens with zero attached hydrogens (tertiary/aromatic N) is 1. The van der Waals surface area contributed by atoms with Gasteiger partial charge < -0.3 is 15.5 Å². The average molecular weight is 241 g/mol. The van der Waals surface area contributed by atoms with Gasteiger partial charge in [0, 0.05) is 43.9 Å². The lowest BCUT2D eigenvalue weighted by Crippen LogP contribution is -2.08. The SMILES string of the molecule is CNc1ccc(Nc2ccc(N(C)C)cc2)cc1. The molecule has 0 saturated heterocycles. The first kappa shape index (κ1) is 12.3. The Morgan fingerprint density at radius 2 is 1.17 bits per heavy atom. The minimum absolute atomic E-state index is 1.09. The molecule has 0 aliphatic carbocycles. The number of benzene rings is 2. The van der Waals surface area contributed by atoms with Crippen molar-refractivity contribution in [3.05, 3.63) is 48.5 Å². The maximum Gasteiger partial charge on any atom is 0.0385 e. The Balaban J connectivity index is 2.08. The highest BCUT2D eigenvalue weighted by Gasteiger charge is 1.97. The third-order valence-corrected chi connectivity index (χ3v) is 2.85. The van der Waals surface area contributed by atoms with E-state index in [-0.39, 0.29) is 0 Å². The largest absolute Gasteiger partial charge is 0.388 e. The summed E-state index contributed by atoms with van der Waals surface area (Å²) in [4.78, 5) is 2.09. The number of hydrogen-bond donors (Lipinski definition) is 2. The molecule has 0 amide bonds. The van der Waals surface area contributed by atoms with Gasteiger partial charge in [0.1, 0.15) is 0 Å². The van der Waals surface area contributed by atoms with E-state index in [9.17, 15) is 0 Å². The molecule has 0 saturated carbocycles. The molecule has 0 heterocycles. The smallest absolute Gasteiger partial charge is 0.0385 e. The Kier molecular flexibility index (Phi) is 3.72. The maximum absolute atomic E-state index is 3.38. The van der Waals surface area contributed by atoms with Gasteiger partial charge >= 0.3 is 0 Å². The fourth-order valence-electron chi connectivity index (χ4n) is 1.73. The van der Waals surface area contributed by atoms with Crippen LogP contribution in [0.3, 0.4) is 0 Å². The van der Waals surface area contributed by atoms with Gasteiger partial charge in [-0.15, -0.1) is 0 Å². The molecule has 18 heavy (non-hydrogen) atoms. The van der Waals surface area contributed by atoms with Crippen LogP contribution in [0.5, 0.6) is 0 Å². The van der Waals surface area contributed by atoms with Gasteiger partial charge in [-0.2, -0.15) is 0 Å². The van der Waals surface area contributed by atoms with Crippen molar-refractivity contribution in [1.82, 2.24) is 0 Å². The zero-order valence-electron chi connectivity index (χ0n) is 11.1. The van der Waals surface area contributed by atoms with Crippen molar-refractivity contribution >= 4 is 22.7 Å². The molecule has 0 radical (unpaired) electrons. The summed E-state index contributed by atoms with van der Waals surface area (Å²) < 4.78 is 0. The fourth-order valence-corrected chi connectivity index (χ4v) is 1.73. The summed E-state index contributed by atoms with van der Waals surface area (Å²) in [5.41, 5.74) is 4.50. The molecule has 2 aromatic carbocycles. The molecule has 0 aliphatic rings. The van der Waals surface area contributed by atoms with Crippen molar-refractivity contribution in [1.29, 1.82) is 0 Å². The highest BCUT2D eigenvalue weighted by atomic mass is 15.1. The van der Waals surface area contributed by atoms with E-state index >= 15 is 0 Å². The molecule has 0 aliphatic heterocycles. The van der Waals surface area contributed by atoms with Crippen LogP contribution in [-0.4, -0.2) is 21.1 Å². The molecule has 2 aromatic rings. The third kappa shape index (κ3) is 2.94. The van der Waals surface area contributed by atoms with Crippen LogP contribution in [0.1, 0.15) is 0 Å². The number of hydrogen-bond acceptors (Lipinski definition) is 3. The first-order chi connectivity index (χ1) is 8.69. The van der Waals surface area contributed by atoms with Crippen LogP contribution < -0.4 is 15.5 Å². The van der Waals surface area contributed by atoms with Crippen molar-refractivity contribution in [2.75, 3.05) is 36.7 Å². The Hall–Kier alpha value is -2.16. The van der Waals surface area contributed by atoms with E-state index in [1.807, 2.05) is 21.1 Å². The summed E-state index contributed by atoms with van der Waals surface area (Å²) in [6, 6.07) is 16.6. The summed E-state index contributed by atoms with van der Waals surface area (Å²) in [5.74, 6) is 0. The van der Waals surface area contributed by atoms with E-state index in [0.29, 0.717) is 0 Å². The van der Waals surface area contributed by atoms with Crippen LogP contribution >= 0.6 is 0 Å². The molecule has 0 atom stereocenters. The van der Waals surface area contributed by atoms with E-state index < -0.39 is 0 Å². The van der Waals surface area contributed by atoms with Crippen LogP contribution in [0.15, 0.2) is 48.5 Å². The molecule has 0 spiro atoms. The van der Waals surface area contributed by atoms with E-state index in [2.05, 4.69) is 64.1 Å². The molecular formula is C15H19N3. The first-order valence-corrected chi connectivity index (χ1v) is 6.01. The third-order valence-electron chi connectivity index (χ3n) is 2.85. The molecule has 3 heteroatoms. The molecule has 94 valence electrons. The number of nitrogens with one attached hydrogen (secondary N) is 2. The van der Waals surface area contributed by atoms with Gasteiger partial charge in [0.05, 0.1) is 0 Å². The van der Waals surface area contributed by atoms with E-state index in [1.165, 1.54) is 5.69 Å². The van der Waals surface area contributed by atoms with Crippen molar-refractivity contribution in [2.24, 2.45) is 0 Å². The van der Waals surface area contributed by atoms with Gasteiger partial charge in [-0.1, -0.05) is 0 Å². The summed E-state index contributed by atoms with van der Waals surface area (Å²) in [5, 5.41) is 6.48. The minimum atomic E-state index is 1.09. The fraction of sp³-hybridized carbons (Fsp3) is 0.200. The zero-order valence-corrected chi connectivity index (χ0v) is 11.1. The highest BCUT2D eigenvalue weighted by molar-refractivity contribution is 5.64. The topological polar surface area (TPSA) is 27.3 Å². The summed E-state index contributed by atoms with van der Waals surface area (Å²) in [6.45, 7) is 0. The Bertz CT molecular complexity index is 486. The van der Waals surface area contributed by atoms with Gasteiger partial charge in [0.2, 0.25) is 0 Å². The van der Waals surface area contributed by atoms with E-state index in [0.717, 1.165) is 17.1 Å². The predicted octanol–water partition coefficient (Wildman–Crippen LogP) is 3.54. The molecule has 2 rings (SSSR count). The lowest BCUT2D eigenvalue weighted by molar-refractivity contribution is 1.13. The second-order valence-electron chi connectivity index (χ2n) is 4.39. The molecule has 3 nitrogen and oxygen atoms in total. The quantitative estimate of drug-likeness (QED) is 0.857. The van der Waals surface area contributed by atoms with Gasteiger partial charge in [-0.3, -0.25) is 0 Å². The van der Waals surface area contributed by atoms with E-state index in [4.69, 9.17) is 0 Å². The van der Waals surface area contributed by atoms with Crippen molar-refractivity contribution in [3.8, 4) is 0 Å². The number of rotatable bonds is 4. The lowest BCUT2D eigenvalue weighted by atomic mass is 10.2. The van der Waals surface area contributed by atoms with Crippen molar-refractivity contribution < 1.29 is 0 Å². The Labute approximate surface area is 108 Å². The summed E-state index contributed by atoms with van der Waals surface area (Å²) in [7, 11) is 6.00. The normalized spacial score (nSPS) is 9.94. The van der Waals surface area contributed by atoms with Crippen LogP contribution in [0.2, 0.25) is 0 Å². The zero-order chi connectivity index (χ0) is 13.0. The second kappa shape index (κ2) is 5.45. The van der Waals surface area contributed by atoms with Gasteiger partial charge in [-0.05, 0) is 48.5 Å². The summed E-state index contributed by atoms with van der Waals surface area (Å²) >= 11 is 0. The molecule has 0 unspecified atom stereocenters. The van der Waals surface area contributed by atoms with Gasteiger partial charge in [-0.25, -0.2) is 0 Å². The predicted molar refractivity (Wildman–Crippen MR) is 80.0 cm³/mol. The van der Waals surface area contributed by atoms with Crippen molar-refractivity contribution in [2.45, 2.75) is 0 Å². The van der Waals surface area contributed by atoms with Crippen LogP contribution in [-0.2, 0) is 0 Å². The Morgan fingerprint density at radius 3 is 1.61 bits per heavy atom. The molecule has 0 aromatic heterocycles. The van der Waals surface area contributed by atoms with E-state index in [1.54, 1.807) is 0 Å². The highest BCUT2D eigenvalue weighted by Crippen LogP contribution is 2.21. The average Bonchev–Trinajstić information content (AvgIpc) is 2.40. The number of anilines is 4. The van der Waals surface area contributed by atoms with Gasteiger partial charge in [0.25, 0.3) is 0 Å². The minimum Gasteiger partial charge on any atom is -0.388 e. The monoisotopic (exact) mass is 241 g/mol. The second-order valence-corrected chi connectivity index (χ2v) is 4.39. The standard InChI is InChI=1S/C15H19N3/c1-16-12-4-6-13(7-5-12)17-14-8-10-15(11-9-14)18(2)3/h4-11,16-17H,1-3H3. The van der Waals surface area contributed by atoms with Crippen LogP contribution in [0.25, 0.3) is 0 Å². The first-order valence-electron chi connectivity index (χ1n) is 6.01. The Morgan fingerprint density at radius 1 is 0.722 bits per heavy atom. The van der Waals surface area contributed by atoms with Crippen LogP contribution in [0, 0.1) is 0 Å².